The van der Waals surface area contributed by atoms with Gasteiger partial charge >= 0.3 is 0 Å². The van der Waals surface area contributed by atoms with Crippen LogP contribution in [0.4, 0.5) is 0 Å². The molecule has 3 heteroatoms. The lowest BCUT2D eigenvalue weighted by Gasteiger charge is -2.41. The van der Waals surface area contributed by atoms with Crippen molar-refractivity contribution in [2.45, 2.75) is 52.1 Å². The zero-order valence-corrected chi connectivity index (χ0v) is 13.4. The van der Waals surface area contributed by atoms with Gasteiger partial charge in [0.25, 0.3) is 0 Å². The van der Waals surface area contributed by atoms with Crippen molar-refractivity contribution >= 4 is 11.3 Å². The van der Waals surface area contributed by atoms with Crippen LogP contribution in [0, 0.1) is 5.92 Å². The molecule has 1 fully saturated rings. The molecule has 1 aromatic rings. The largest absolute Gasteiger partial charge is 0.315 e. The van der Waals surface area contributed by atoms with E-state index in [9.17, 15) is 0 Å². The molecular formula is C16H28N2S. The molecule has 2 heterocycles. The highest BCUT2D eigenvalue weighted by Crippen LogP contribution is 2.34. The van der Waals surface area contributed by atoms with Gasteiger partial charge in [0.15, 0.2) is 0 Å². The Hall–Kier alpha value is -0.380. The standard InChI is InChI=1S/C16H28N2S/c1-4-10-18(14-7-5-9-17-12-14)16(13(2)3)15-8-6-11-19-15/h6,8,11,13-14,16-17H,4-5,7,9-10,12H2,1-3H3. The molecular weight excluding hydrogens is 252 g/mol. The van der Waals surface area contributed by atoms with Crippen molar-refractivity contribution < 1.29 is 0 Å². The lowest BCUT2D eigenvalue weighted by Crippen LogP contribution is -2.48. The molecule has 1 N–H and O–H groups in total. The number of nitrogens with one attached hydrogen (secondary N) is 1. The monoisotopic (exact) mass is 280 g/mol. The van der Waals surface area contributed by atoms with Crippen molar-refractivity contribution in [3.05, 3.63) is 22.4 Å². The van der Waals surface area contributed by atoms with E-state index in [2.05, 4.69) is 48.5 Å². The molecule has 19 heavy (non-hydrogen) atoms. The Kier molecular flexibility index (Phi) is 5.86. The Morgan fingerprint density at radius 2 is 2.32 bits per heavy atom. The van der Waals surface area contributed by atoms with Crippen LogP contribution in [-0.2, 0) is 0 Å². The number of rotatable bonds is 6. The van der Waals surface area contributed by atoms with Crippen molar-refractivity contribution in [2.24, 2.45) is 5.92 Å². The molecule has 2 rings (SSSR count). The molecule has 2 nitrogen and oxygen atoms in total. The Balaban J connectivity index is 2.18. The number of piperidine rings is 1. The third-order valence-corrected chi connectivity index (χ3v) is 4.99. The van der Waals surface area contributed by atoms with Gasteiger partial charge in [0.2, 0.25) is 0 Å². The van der Waals surface area contributed by atoms with E-state index in [0.717, 1.165) is 6.54 Å². The van der Waals surface area contributed by atoms with E-state index in [4.69, 9.17) is 0 Å². The van der Waals surface area contributed by atoms with Crippen LogP contribution < -0.4 is 5.32 Å². The first kappa shape index (κ1) is 15.0. The molecule has 0 amide bonds. The maximum Gasteiger partial charge on any atom is 0.0467 e. The van der Waals surface area contributed by atoms with Crippen LogP contribution in [0.2, 0.25) is 0 Å². The Morgan fingerprint density at radius 3 is 2.84 bits per heavy atom. The topological polar surface area (TPSA) is 15.3 Å². The summed E-state index contributed by atoms with van der Waals surface area (Å²) < 4.78 is 0. The smallest absolute Gasteiger partial charge is 0.0467 e. The van der Waals surface area contributed by atoms with Gasteiger partial charge in [-0.25, -0.2) is 0 Å². The molecule has 1 aliphatic rings. The molecule has 2 atom stereocenters. The fraction of sp³-hybridized carbons (Fsp3) is 0.750. The van der Waals surface area contributed by atoms with E-state index in [1.165, 1.54) is 37.2 Å². The minimum absolute atomic E-state index is 0.588. The number of nitrogens with zero attached hydrogens (tertiary/aromatic N) is 1. The average molecular weight is 280 g/mol. The highest BCUT2D eigenvalue weighted by atomic mass is 32.1. The summed E-state index contributed by atoms with van der Waals surface area (Å²) in [7, 11) is 0. The van der Waals surface area contributed by atoms with Crippen LogP contribution in [0.5, 0.6) is 0 Å². The predicted octanol–water partition coefficient (Wildman–Crippen LogP) is 3.91. The minimum Gasteiger partial charge on any atom is -0.315 e. The number of thiophene rings is 1. The van der Waals surface area contributed by atoms with Gasteiger partial charge in [0, 0.05) is 23.5 Å². The molecule has 108 valence electrons. The summed E-state index contributed by atoms with van der Waals surface area (Å²) in [5.41, 5.74) is 0. The number of hydrogen-bond donors (Lipinski definition) is 1. The fourth-order valence-corrected chi connectivity index (χ4v) is 4.28. The van der Waals surface area contributed by atoms with Gasteiger partial charge in [-0.3, -0.25) is 4.90 Å². The molecule has 1 aromatic heterocycles. The number of hydrogen-bond acceptors (Lipinski definition) is 3. The quantitative estimate of drug-likeness (QED) is 0.850. The SMILES string of the molecule is CCCN(C1CCCNC1)C(c1cccs1)C(C)C. The zero-order valence-electron chi connectivity index (χ0n) is 12.6. The fourth-order valence-electron chi connectivity index (χ4n) is 3.26. The van der Waals surface area contributed by atoms with E-state index >= 15 is 0 Å². The van der Waals surface area contributed by atoms with E-state index in [1.54, 1.807) is 0 Å². The normalized spacial score (nSPS) is 22.1. The van der Waals surface area contributed by atoms with E-state index in [0.29, 0.717) is 18.0 Å². The predicted molar refractivity (Wildman–Crippen MR) is 84.8 cm³/mol. The first-order valence-electron chi connectivity index (χ1n) is 7.74. The van der Waals surface area contributed by atoms with Crippen LogP contribution in [0.1, 0.15) is 51.0 Å². The molecule has 1 aliphatic heterocycles. The summed E-state index contributed by atoms with van der Waals surface area (Å²) >= 11 is 1.92. The van der Waals surface area contributed by atoms with Crippen LogP contribution in [0.15, 0.2) is 17.5 Å². The second kappa shape index (κ2) is 7.41. The second-order valence-electron chi connectivity index (χ2n) is 5.94. The molecule has 0 aromatic carbocycles. The maximum atomic E-state index is 3.57. The minimum atomic E-state index is 0.588. The molecule has 0 spiro atoms. The van der Waals surface area contributed by atoms with Gasteiger partial charge in [-0.15, -0.1) is 11.3 Å². The van der Waals surface area contributed by atoms with Gasteiger partial charge in [-0.2, -0.15) is 0 Å². The van der Waals surface area contributed by atoms with Crippen molar-refractivity contribution in [1.82, 2.24) is 10.2 Å². The van der Waals surface area contributed by atoms with Crippen LogP contribution in [-0.4, -0.2) is 30.6 Å². The van der Waals surface area contributed by atoms with Gasteiger partial charge in [0.1, 0.15) is 0 Å². The van der Waals surface area contributed by atoms with Crippen LogP contribution in [0.25, 0.3) is 0 Å². The van der Waals surface area contributed by atoms with E-state index in [-0.39, 0.29) is 0 Å². The Bertz CT molecular complexity index is 342. The summed E-state index contributed by atoms with van der Waals surface area (Å²) in [5.74, 6) is 0.673. The maximum absolute atomic E-state index is 3.57. The van der Waals surface area contributed by atoms with E-state index in [1.807, 2.05) is 11.3 Å². The molecule has 2 unspecified atom stereocenters. The summed E-state index contributed by atoms with van der Waals surface area (Å²) in [6.07, 6.45) is 3.91. The summed E-state index contributed by atoms with van der Waals surface area (Å²) in [6, 6.07) is 5.81. The van der Waals surface area contributed by atoms with Crippen molar-refractivity contribution in [3.63, 3.8) is 0 Å². The molecule has 0 saturated carbocycles. The van der Waals surface area contributed by atoms with E-state index < -0.39 is 0 Å². The molecule has 0 aliphatic carbocycles. The zero-order chi connectivity index (χ0) is 13.7. The Morgan fingerprint density at radius 1 is 1.47 bits per heavy atom. The lowest BCUT2D eigenvalue weighted by atomic mass is 9.95. The first-order chi connectivity index (χ1) is 9.24. The van der Waals surface area contributed by atoms with Gasteiger partial charge < -0.3 is 5.32 Å². The van der Waals surface area contributed by atoms with Crippen molar-refractivity contribution in [3.8, 4) is 0 Å². The van der Waals surface area contributed by atoms with Gasteiger partial charge in [0.05, 0.1) is 0 Å². The average Bonchev–Trinajstić information content (AvgIpc) is 2.92. The third kappa shape index (κ3) is 3.80. The highest BCUT2D eigenvalue weighted by molar-refractivity contribution is 7.10. The molecule has 1 saturated heterocycles. The highest BCUT2D eigenvalue weighted by Gasteiger charge is 2.30. The van der Waals surface area contributed by atoms with Crippen molar-refractivity contribution in [2.75, 3.05) is 19.6 Å². The van der Waals surface area contributed by atoms with Crippen LogP contribution >= 0.6 is 11.3 Å². The lowest BCUT2D eigenvalue weighted by molar-refractivity contribution is 0.0861. The first-order valence-corrected chi connectivity index (χ1v) is 8.61. The Labute approximate surface area is 122 Å². The van der Waals surface area contributed by atoms with Crippen molar-refractivity contribution in [1.29, 1.82) is 0 Å². The molecule has 0 bridgehead atoms. The molecule has 0 radical (unpaired) electrons. The van der Waals surface area contributed by atoms with Gasteiger partial charge in [-0.05, 0) is 49.7 Å². The summed E-state index contributed by atoms with van der Waals surface area (Å²) in [4.78, 5) is 4.30. The van der Waals surface area contributed by atoms with Crippen LogP contribution in [0.3, 0.4) is 0 Å². The van der Waals surface area contributed by atoms with Gasteiger partial charge in [-0.1, -0.05) is 26.8 Å². The second-order valence-corrected chi connectivity index (χ2v) is 6.92. The summed E-state index contributed by atoms with van der Waals surface area (Å²) in [6.45, 7) is 10.6. The summed E-state index contributed by atoms with van der Waals surface area (Å²) in [5, 5.41) is 5.79. The third-order valence-electron chi connectivity index (χ3n) is 4.05.